The molecule has 0 fully saturated rings. The van der Waals surface area contributed by atoms with Gasteiger partial charge < -0.3 is 69.5 Å². The number of nitrogens with one attached hydrogen (secondary N) is 3. The summed E-state index contributed by atoms with van der Waals surface area (Å²) in [6.45, 7) is 14.0. The molecule has 6 atom stereocenters. The minimum atomic E-state index is -4.49. The van der Waals surface area contributed by atoms with Gasteiger partial charge in [-0.1, -0.05) is 34.6 Å². The number of rotatable bonds is 17. The summed E-state index contributed by atoms with van der Waals surface area (Å²) in [5.41, 5.74) is 0. The van der Waals surface area contributed by atoms with Gasteiger partial charge in [0.2, 0.25) is 22.2 Å². The summed E-state index contributed by atoms with van der Waals surface area (Å²) in [4.78, 5) is 71.5. The quantitative estimate of drug-likeness (QED) is 0.0709. The Morgan fingerprint density at radius 2 is 1.09 bits per heavy atom. The van der Waals surface area contributed by atoms with E-state index in [9.17, 15) is 79.9 Å². The van der Waals surface area contributed by atoms with E-state index < -0.39 is 79.5 Å². The van der Waals surface area contributed by atoms with E-state index in [0.717, 1.165) is 0 Å². The van der Waals surface area contributed by atoms with Crippen LogP contribution in [-0.4, -0.2) is 106 Å². The van der Waals surface area contributed by atoms with Gasteiger partial charge in [0.15, 0.2) is 0 Å². The molecule has 0 spiro atoms. The number of carbonyl (C=O) groups is 7. The number of amides is 2. The van der Waals surface area contributed by atoms with Crippen molar-refractivity contribution in [2.45, 2.75) is 118 Å². The molecule has 0 saturated carbocycles. The summed E-state index contributed by atoms with van der Waals surface area (Å²) in [5, 5.41) is 46.3. The molecule has 23 heteroatoms. The molecule has 0 heterocycles. The fourth-order valence-electron chi connectivity index (χ4n) is 2.28. The second-order valence-electron chi connectivity index (χ2n) is 11.2. The molecule has 3 N–H and O–H groups in total. The van der Waals surface area contributed by atoms with Gasteiger partial charge in [0.25, 0.3) is 0 Å². The summed E-state index contributed by atoms with van der Waals surface area (Å²) in [6, 6.07) is -0.709. The van der Waals surface area contributed by atoms with Crippen LogP contribution in [-0.2, 0) is 58.3 Å². The van der Waals surface area contributed by atoms with Gasteiger partial charge in [-0.3, -0.25) is 13.8 Å². The highest BCUT2D eigenvalue weighted by atomic mass is 32.3. The van der Waals surface area contributed by atoms with Crippen molar-refractivity contribution in [3.63, 3.8) is 0 Å². The molecule has 21 nitrogen and oxygen atoms in total. The molecule has 2 amide bonds. The first-order valence-corrected chi connectivity index (χ1v) is 19.2. The molecular formula is C31H57N3O18S2-6. The van der Waals surface area contributed by atoms with Crippen LogP contribution in [0.25, 0.3) is 0 Å². The topological polar surface area (TPSA) is 371 Å². The van der Waals surface area contributed by atoms with Crippen molar-refractivity contribution in [3.8, 4) is 0 Å². The zero-order valence-corrected chi connectivity index (χ0v) is 34.5. The first-order valence-electron chi connectivity index (χ1n) is 16.4. The van der Waals surface area contributed by atoms with E-state index in [-0.39, 0.29) is 30.4 Å². The molecule has 0 radical (unpaired) electrons. The summed E-state index contributed by atoms with van der Waals surface area (Å²) in [6.07, 6.45) is 1.41. The molecule has 0 saturated heterocycles. The van der Waals surface area contributed by atoms with Crippen LogP contribution in [0, 0.1) is 17.8 Å². The van der Waals surface area contributed by atoms with Crippen LogP contribution >= 0.6 is 0 Å². The van der Waals surface area contributed by atoms with Gasteiger partial charge in [-0.15, -0.1) is 0 Å². The molecule has 0 aliphatic carbocycles. The third kappa shape index (κ3) is 46.3. The Hall–Kier alpha value is -3.77. The summed E-state index contributed by atoms with van der Waals surface area (Å²) in [7, 11) is -4.12. The summed E-state index contributed by atoms with van der Waals surface area (Å²) in [5.74, 6) is -7.34. The van der Waals surface area contributed by atoms with Crippen LogP contribution in [0.1, 0.15) is 101 Å². The van der Waals surface area contributed by atoms with Gasteiger partial charge >= 0.3 is 0 Å². The van der Waals surface area contributed by atoms with Crippen molar-refractivity contribution in [1.82, 2.24) is 16.0 Å². The maximum absolute atomic E-state index is 10.6. The maximum atomic E-state index is 10.6. The van der Waals surface area contributed by atoms with Gasteiger partial charge in [-0.2, -0.15) is 0 Å². The zero-order chi connectivity index (χ0) is 44.6. The number of carboxylic acids is 4. The van der Waals surface area contributed by atoms with Crippen molar-refractivity contribution in [2.24, 2.45) is 17.8 Å². The third-order valence-corrected chi connectivity index (χ3v) is 8.40. The standard InChI is InChI=1S/C7H13NO3.C6H11NO3.C5H9NO3.C5H10O2.C4H10O4S.C4H10O3S/c1-5(9)3-4-6(8-2)7(10)11;1-4(3-5(8)9)6(10)7-2;1-3(5(8)9)4(7)6-2;1-3-4(2)5(6)7;1-3-4(2)8-9(5,6)7;1-3-4(2)8(5,6)7/h6,8H,3-4H2,1-2H3,(H,10,11);4H,3H2,1-2H3,(H,7,10)(H,8,9);3H,1-2H3,(H,6,7)(H,8,9);4H,3H2,1-2H3,(H,6,7);4H,3H2,1-2H3,(H,5,6,7);4H,3H2,1-2H3,(H,5,6,7)/p-6. The number of carboxylic acid groups (broad SMARTS) is 4. The highest BCUT2D eigenvalue weighted by molar-refractivity contribution is 7.86. The maximum Gasteiger partial charge on any atom is 0.228 e. The molecule has 0 aromatic heterocycles. The normalized spacial score (nSPS) is 13.5. The van der Waals surface area contributed by atoms with E-state index >= 15 is 0 Å². The monoisotopic (exact) mass is 823 g/mol. The average molecular weight is 824 g/mol. The zero-order valence-electron chi connectivity index (χ0n) is 32.9. The lowest BCUT2D eigenvalue weighted by Gasteiger charge is -2.15. The smallest absolute Gasteiger partial charge is 0.228 e. The van der Waals surface area contributed by atoms with Crippen LogP contribution in [0.2, 0.25) is 0 Å². The summed E-state index contributed by atoms with van der Waals surface area (Å²) >= 11 is 0. The highest BCUT2D eigenvalue weighted by Crippen LogP contribution is 2.01. The average Bonchev–Trinajstić information content (AvgIpc) is 3.06. The van der Waals surface area contributed by atoms with E-state index in [1.54, 1.807) is 20.8 Å². The number of ketones is 1. The first kappa shape index (κ1) is 62.2. The Balaban J connectivity index is -0.000000129. The fraction of sp³-hybridized carbons (Fsp3) is 0.774. The number of hydrogen-bond acceptors (Lipinski definition) is 19. The van der Waals surface area contributed by atoms with Crippen molar-refractivity contribution in [2.75, 3.05) is 21.1 Å². The molecule has 322 valence electrons. The molecule has 0 bridgehead atoms. The Kier molecular flexibility index (Phi) is 40.3. The minimum absolute atomic E-state index is 0.00787. The molecule has 6 unspecified atom stereocenters. The van der Waals surface area contributed by atoms with E-state index in [1.165, 1.54) is 55.8 Å². The second kappa shape index (κ2) is 35.0. The molecular weight excluding hydrogens is 766 g/mol. The van der Waals surface area contributed by atoms with E-state index in [4.69, 9.17) is 0 Å². The lowest BCUT2D eigenvalue weighted by atomic mass is 10.1. The first-order chi connectivity index (χ1) is 24.4. The molecule has 54 heavy (non-hydrogen) atoms. The molecule has 0 aromatic carbocycles. The Bertz CT molecular complexity index is 1320. The Morgan fingerprint density at radius 1 is 0.648 bits per heavy atom. The third-order valence-electron chi connectivity index (χ3n) is 6.52. The number of Topliss-reactive ketones (excluding diaryl/α,β-unsaturated/α-hetero) is 1. The Labute approximate surface area is 318 Å². The lowest BCUT2D eigenvalue weighted by Crippen LogP contribution is -2.43. The van der Waals surface area contributed by atoms with Gasteiger partial charge in [0.05, 0.1) is 34.1 Å². The van der Waals surface area contributed by atoms with Crippen molar-refractivity contribution in [1.29, 1.82) is 0 Å². The predicted molar refractivity (Wildman–Crippen MR) is 183 cm³/mol. The van der Waals surface area contributed by atoms with E-state index in [2.05, 4.69) is 20.1 Å². The Morgan fingerprint density at radius 3 is 1.24 bits per heavy atom. The molecule has 0 aromatic rings. The predicted octanol–water partition coefficient (Wildman–Crippen LogP) is -4.31. The van der Waals surface area contributed by atoms with Crippen LogP contribution in [0.4, 0.5) is 0 Å². The number of carbonyl (C=O) groups excluding carboxylic acids is 7. The van der Waals surface area contributed by atoms with Crippen LogP contribution in [0.5, 0.6) is 0 Å². The lowest BCUT2D eigenvalue weighted by molar-refractivity contribution is -0.311. The fourth-order valence-corrected chi connectivity index (χ4v) is 3.23. The van der Waals surface area contributed by atoms with Gasteiger partial charge in [-0.05, 0) is 72.8 Å². The summed E-state index contributed by atoms with van der Waals surface area (Å²) < 4.78 is 63.5. The number of likely N-dealkylation sites (N-methyl/N-ethyl adjacent to an activating group) is 1. The number of aliphatic carboxylic acids is 4. The second-order valence-corrected chi connectivity index (χ2v) is 14.0. The van der Waals surface area contributed by atoms with Crippen LogP contribution in [0.3, 0.4) is 0 Å². The minimum Gasteiger partial charge on any atom is -0.748 e. The van der Waals surface area contributed by atoms with Gasteiger partial charge in [0, 0.05) is 49.7 Å². The van der Waals surface area contributed by atoms with Crippen molar-refractivity contribution in [3.05, 3.63) is 0 Å². The van der Waals surface area contributed by atoms with Gasteiger partial charge in [-0.25, -0.2) is 16.8 Å². The van der Waals surface area contributed by atoms with Crippen molar-refractivity contribution >= 4 is 62.0 Å². The van der Waals surface area contributed by atoms with Gasteiger partial charge in [0.1, 0.15) is 5.78 Å². The van der Waals surface area contributed by atoms with E-state index in [0.29, 0.717) is 25.7 Å². The number of hydrogen-bond donors (Lipinski definition) is 3. The SMILES string of the molecule is CCC(C)C(=O)[O-].CCC(C)OS(=O)(=O)[O-].CCC(C)S(=O)(=O)[O-].CNC(=O)C(C)C(=O)[O-].CNC(=O)C(C)CC(=O)[O-].CNC(CCC(C)=O)C(=O)[O-]. The molecule has 0 aliphatic heterocycles. The van der Waals surface area contributed by atoms with Crippen LogP contribution < -0.4 is 36.4 Å². The molecule has 0 rings (SSSR count). The highest BCUT2D eigenvalue weighted by Gasteiger charge is 2.11. The molecule has 0 aliphatic rings. The van der Waals surface area contributed by atoms with Crippen molar-refractivity contribution < 1.29 is 84.1 Å². The van der Waals surface area contributed by atoms with Crippen LogP contribution in [0.15, 0.2) is 0 Å². The largest absolute Gasteiger partial charge is 0.748 e. The van der Waals surface area contributed by atoms with E-state index in [1.807, 2.05) is 6.92 Å².